The van der Waals surface area contributed by atoms with Gasteiger partial charge in [0.25, 0.3) is 0 Å². The normalized spacial score (nSPS) is 9.67. The molecular formula is C11H13NO3. The first-order valence-electron chi connectivity index (χ1n) is 4.61. The molecule has 1 rings (SSSR count). The topological polar surface area (TPSA) is 69.4 Å². The highest BCUT2D eigenvalue weighted by Crippen LogP contribution is 2.13. The maximum atomic E-state index is 11.0. The summed E-state index contributed by atoms with van der Waals surface area (Å²) in [5, 5.41) is 0. The van der Waals surface area contributed by atoms with Gasteiger partial charge in [-0.15, -0.1) is 0 Å². The van der Waals surface area contributed by atoms with Gasteiger partial charge in [-0.2, -0.15) is 0 Å². The van der Waals surface area contributed by atoms with Gasteiger partial charge in [0.15, 0.2) is 5.78 Å². The van der Waals surface area contributed by atoms with Crippen LogP contribution in [0, 0.1) is 0 Å². The SMILES string of the molecule is CC(=O)c1cccc(OCCC(N)=O)c1. The lowest BCUT2D eigenvalue weighted by molar-refractivity contribution is -0.118. The van der Waals surface area contributed by atoms with E-state index >= 15 is 0 Å². The van der Waals surface area contributed by atoms with Crippen molar-refractivity contribution in [2.24, 2.45) is 5.73 Å². The van der Waals surface area contributed by atoms with Gasteiger partial charge in [0.2, 0.25) is 5.91 Å². The summed E-state index contributed by atoms with van der Waals surface area (Å²) in [7, 11) is 0. The van der Waals surface area contributed by atoms with Crippen LogP contribution in [0.25, 0.3) is 0 Å². The molecular weight excluding hydrogens is 194 g/mol. The van der Waals surface area contributed by atoms with Crippen molar-refractivity contribution in [3.63, 3.8) is 0 Å². The van der Waals surface area contributed by atoms with Crippen LogP contribution in [0.2, 0.25) is 0 Å². The molecule has 0 saturated carbocycles. The quantitative estimate of drug-likeness (QED) is 0.736. The van der Waals surface area contributed by atoms with Crippen molar-refractivity contribution >= 4 is 11.7 Å². The van der Waals surface area contributed by atoms with Gasteiger partial charge in [-0.25, -0.2) is 0 Å². The number of Topliss-reactive ketones (excluding diaryl/α,β-unsaturated/α-hetero) is 1. The van der Waals surface area contributed by atoms with E-state index in [9.17, 15) is 9.59 Å². The summed E-state index contributed by atoms with van der Waals surface area (Å²) in [6.45, 7) is 1.72. The number of ketones is 1. The van der Waals surface area contributed by atoms with Crippen molar-refractivity contribution in [3.05, 3.63) is 29.8 Å². The van der Waals surface area contributed by atoms with Gasteiger partial charge in [0.05, 0.1) is 13.0 Å². The smallest absolute Gasteiger partial charge is 0.220 e. The summed E-state index contributed by atoms with van der Waals surface area (Å²) in [4.78, 5) is 21.5. The maximum Gasteiger partial charge on any atom is 0.220 e. The lowest BCUT2D eigenvalue weighted by atomic mass is 10.1. The van der Waals surface area contributed by atoms with E-state index in [0.29, 0.717) is 11.3 Å². The summed E-state index contributed by atoms with van der Waals surface area (Å²) in [5.41, 5.74) is 5.55. The molecule has 0 fully saturated rings. The number of hydrogen-bond acceptors (Lipinski definition) is 3. The molecule has 4 nitrogen and oxygen atoms in total. The van der Waals surface area contributed by atoms with Crippen molar-refractivity contribution in [2.45, 2.75) is 13.3 Å². The summed E-state index contributed by atoms with van der Waals surface area (Å²) in [6.07, 6.45) is 0.171. The van der Waals surface area contributed by atoms with Crippen LogP contribution in [0.5, 0.6) is 5.75 Å². The molecule has 4 heteroatoms. The molecule has 15 heavy (non-hydrogen) atoms. The van der Waals surface area contributed by atoms with Crippen LogP contribution in [0.1, 0.15) is 23.7 Å². The number of rotatable bonds is 5. The molecule has 0 atom stereocenters. The van der Waals surface area contributed by atoms with E-state index in [1.165, 1.54) is 6.92 Å². The van der Waals surface area contributed by atoms with Crippen molar-refractivity contribution in [1.82, 2.24) is 0 Å². The molecule has 2 N–H and O–H groups in total. The molecule has 0 aliphatic carbocycles. The predicted octanol–water partition coefficient (Wildman–Crippen LogP) is 1.14. The Balaban J connectivity index is 2.58. The lowest BCUT2D eigenvalue weighted by Crippen LogP contribution is -2.14. The highest BCUT2D eigenvalue weighted by Gasteiger charge is 2.01. The predicted molar refractivity (Wildman–Crippen MR) is 55.8 cm³/mol. The second-order valence-corrected chi connectivity index (χ2v) is 3.15. The Labute approximate surface area is 88.0 Å². The van der Waals surface area contributed by atoms with Gasteiger partial charge >= 0.3 is 0 Å². The minimum atomic E-state index is -0.405. The molecule has 0 unspecified atom stereocenters. The Morgan fingerprint density at radius 1 is 1.40 bits per heavy atom. The largest absolute Gasteiger partial charge is 0.493 e. The fourth-order valence-electron chi connectivity index (χ4n) is 1.07. The van der Waals surface area contributed by atoms with Crippen molar-refractivity contribution in [2.75, 3.05) is 6.61 Å². The molecule has 0 radical (unpaired) electrons. The Morgan fingerprint density at radius 2 is 2.13 bits per heavy atom. The van der Waals surface area contributed by atoms with Crippen molar-refractivity contribution in [1.29, 1.82) is 0 Å². The van der Waals surface area contributed by atoms with Crippen molar-refractivity contribution < 1.29 is 14.3 Å². The third-order valence-electron chi connectivity index (χ3n) is 1.86. The number of primary amides is 1. The number of ether oxygens (including phenoxy) is 1. The Bertz CT molecular complexity index is 374. The number of hydrogen-bond donors (Lipinski definition) is 1. The van der Waals surface area contributed by atoms with Gasteiger partial charge < -0.3 is 10.5 Å². The molecule has 0 spiro atoms. The second-order valence-electron chi connectivity index (χ2n) is 3.15. The van der Waals surface area contributed by atoms with E-state index in [4.69, 9.17) is 10.5 Å². The summed E-state index contributed by atoms with van der Waals surface area (Å²) < 4.78 is 5.25. The minimum absolute atomic E-state index is 0.0182. The van der Waals surface area contributed by atoms with E-state index in [0.717, 1.165) is 0 Å². The Morgan fingerprint density at radius 3 is 2.73 bits per heavy atom. The molecule has 1 aromatic carbocycles. The van der Waals surface area contributed by atoms with Crippen LogP contribution in [-0.2, 0) is 4.79 Å². The van der Waals surface area contributed by atoms with Gasteiger partial charge in [-0.05, 0) is 19.1 Å². The van der Waals surface area contributed by atoms with Gasteiger partial charge in [0.1, 0.15) is 5.75 Å². The van der Waals surface area contributed by atoms with E-state index in [1.807, 2.05) is 0 Å². The van der Waals surface area contributed by atoms with E-state index in [2.05, 4.69) is 0 Å². The number of carbonyl (C=O) groups is 2. The molecule has 0 bridgehead atoms. The molecule has 0 aliphatic rings. The van der Waals surface area contributed by atoms with E-state index < -0.39 is 5.91 Å². The van der Waals surface area contributed by atoms with Crippen LogP contribution in [0.3, 0.4) is 0 Å². The molecule has 0 aromatic heterocycles. The average Bonchev–Trinajstić information content (AvgIpc) is 2.17. The second kappa shape index (κ2) is 5.14. The van der Waals surface area contributed by atoms with Crippen LogP contribution >= 0.6 is 0 Å². The number of carbonyl (C=O) groups excluding carboxylic acids is 2. The summed E-state index contributed by atoms with van der Waals surface area (Å²) in [5.74, 6) is 0.150. The van der Waals surface area contributed by atoms with E-state index in [-0.39, 0.29) is 18.8 Å². The first kappa shape index (κ1) is 11.2. The van der Waals surface area contributed by atoms with Crippen molar-refractivity contribution in [3.8, 4) is 5.75 Å². The molecule has 0 aliphatic heterocycles. The number of amides is 1. The molecule has 1 amide bonds. The summed E-state index contributed by atoms with van der Waals surface area (Å²) in [6, 6.07) is 6.82. The maximum absolute atomic E-state index is 11.0. The minimum Gasteiger partial charge on any atom is -0.493 e. The van der Waals surface area contributed by atoms with Crippen LogP contribution < -0.4 is 10.5 Å². The number of nitrogens with two attached hydrogens (primary N) is 1. The zero-order chi connectivity index (χ0) is 11.3. The molecule has 0 heterocycles. The van der Waals surface area contributed by atoms with Gasteiger partial charge in [-0.3, -0.25) is 9.59 Å². The first-order chi connectivity index (χ1) is 7.09. The van der Waals surface area contributed by atoms with Crippen LogP contribution in [0.15, 0.2) is 24.3 Å². The molecule has 0 saturated heterocycles. The third kappa shape index (κ3) is 3.81. The average molecular weight is 207 g/mol. The third-order valence-corrected chi connectivity index (χ3v) is 1.86. The van der Waals surface area contributed by atoms with Crippen LogP contribution in [0.4, 0.5) is 0 Å². The molecule has 80 valence electrons. The number of benzene rings is 1. The molecule has 1 aromatic rings. The zero-order valence-electron chi connectivity index (χ0n) is 8.53. The highest BCUT2D eigenvalue weighted by molar-refractivity contribution is 5.94. The fraction of sp³-hybridized carbons (Fsp3) is 0.273. The Hall–Kier alpha value is -1.84. The monoisotopic (exact) mass is 207 g/mol. The first-order valence-corrected chi connectivity index (χ1v) is 4.61. The summed E-state index contributed by atoms with van der Waals surface area (Å²) >= 11 is 0. The van der Waals surface area contributed by atoms with Gasteiger partial charge in [-0.1, -0.05) is 12.1 Å². The van der Waals surface area contributed by atoms with E-state index in [1.54, 1.807) is 24.3 Å². The lowest BCUT2D eigenvalue weighted by Gasteiger charge is -2.05. The fourth-order valence-corrected chi connectivity index (χ4v) is 1.07. The highest BCUT2D eigenvalue weighted by atomic mass is 16.5. The standard InChI is InChI=1S/C11H13NO3/c1-8(13)9-3-2-4-10(7-9)15-6-5-11(12)14/h2-4,7H,5-6H2,1H3,(H2,12,14). The zero-order valence-corrected chi connectivity index (χ0v) is 8.53. The van der Waals surface area contributed by atoms with Gasteiger partial charge in [0, 0.05) is 5.56 Å². The van der Waals surface area contributed by atoms with Crippen LogP contribution in [-0.4, -0.2) is 18.3 Å². The Kier molecular flexibility index (Phi) is 3.85.